The molecular formula is C33H26N2O10. The highest BCUT2D eigenvalue weighted by Crippen LogP contribution is 2.37. The fourth-order valence-corrected chi connectivity index (χ4v) is 5.56. The Hall–Kier alpha value is -6.04. The zero-order valence-electron chi connectivity index (χ0n) is 23.6. The number of aromatic carboxylic acids is 3. The fourth-order valence-electron chi connectivity index (χ4n) is 5.56. The summed E-state index contributed by atoms with van der Waals surface area (Å²) < 4.78 is 5.82. The third kappa shape index (κ3) is 6.34. The molecule has 0 saturated carbocycles. The van der Waals surface area contributed by atoms with Crippen LogP contribution in [0.4, 0.5) is 5.69 Å². The summed E-state index contributed by atoms with van der Waals surface area (Å²) in [6, 6.07) is 20.9. The molecule has 4 aromatic rings. The number of carboxylic acid groups (broad SMARTS) is 3. The van der Waals surface area contributed by atoms with E-state index >= 15 is 0 Å². The first-order chi connectivity index (χ1) is 21.5. The number of nitro benzene ring substituents is 1. The van der Waals surface area contributed by atoms with Crippen molar-refractivity contribution in [3.8, 4) is 11.5 Å². The van der Waals surface area contributed by atoms with Gasteiger partial charge in [-0.1, -0.05) is 48.5 Å². The molecule has 1 aliphatic rings. The van der Waals surface area contributed by atoms with Gasteiger partial charge in [0.15, 0.2) is 0 Å². The molecule has 0 spiro atoms. The minimum Gasteiger partial charge on any atom is -0.478 e. The quantitative estimate of drug-likeness (QED) is 0.138. The molecule has 45 heavy (non-hydrogen) atoms. The minimum absolute atomic E-state index is 0.0135. The van der Waals surface area contributed by atoms with Gasteiger partial charge in [-0.05, 0) is 66.3 Å². The maximum Gasteiger partial charge on any atom is 0.336 e. The number of hydrogen-bond donors (Lipinski definition) is 3. The van der Waals surface area contributed by atoms with Gasteiger partial charge < -0.3 is 25.0 Å². The second kappa shape index (κ2) is 12.7. The van der Waals surface area contributed by atoms with E-state index < -0.39 is 57.0 Å². The van der Waals surface area contributed by atoms with Crippen molar-refractivity contribution in [2.24, 2.45) is 0 Å². The lowest BCUT2D eigenvalue weighted by molar-refractivity contribution is -0.385. The van der Waals surface area contributed by atoms with Crippen molar-refractivity contribution < 1.29 is 44.2 Å². The molecule has 0 saturated heterocycles. The summed E-state index contributed by atoms with van der Waals surface area (Å²) in [6.07, 6.45) is 2.01. The first kappa shape index (κ1) is 30.4. The van der Waals surface area contributed by atoms with Crippen LogP contribution in [0, 0.1) is 10.1 Å². The number of amides is 1. The number of rotatable bonds is 10. The van der Waals surface area contributed by atoms with E-state index in [-0.39, 0.29) is 23.7 Å². The van der Waals surface area contributed by atoms with Crippen molar-refractivity contribution in [2.75, 3.05) is 0 Å². The number of nitro groups is 1. The van der Waals surface area contributed by atoms with Crippen molar-refractivity contribution in [1.82, 2.24) is 4.90 Å². The van der Waals surface area contributed by atoms with Crippen LogP contribution in [0.25, 0.3) is 0 Å². The molecule has 1 atom stereocenters. The first-order valence-electron chi connectivity index (χ1n) is 13.8. The van der Waals surface area contributed by atoms with Crippen molar-refractivity contribution in [3.05, 3.63) is 134 Å². The van der Waals surface area contributed by atoms with Crippen LogP contribution in [0.1, 0.15) is 77.0 Å². The zero-order chi connectivity index (χ0) is 32.2. The number of benzene rings is 4. The number of hydrogen-bond acceptors (Lipinski definition) is 7. The van der Waals surface area contributed by atoms with Crippen LogP contribution >= 0.6 is 0 Å². The number of fused-ring (bicyclic) bond motifs is 1. The summed E-state index contributed by atoms with van der Waals surface area (Å²) in [4.78, 5) is 62.7. The Morgan fingerprint density at radius 1 is 0.800 bits per heavy atom. The number of para-hydroxylation sites is 2. The Bertz CT molecular complexity index is 1850. The average Bonchev–Trinajstić information content (AvgIpc) is 3.02. The van der Waals surface area contributed by atoms with E-state index in [1.54, 1.807) is 30.3 Å². The lowest BCUT2D eigenvalue weighted by Gasteiger charge is -2.36. The molecule has 0 radical (unpaired) electrons. The van der Waals surface area contributed by atoms with Crippen LogP contribution < -0.4 is 4.74 Å². The highest BCUT2D eigenvalue weighted by atomic mass is 16.6. The number of carbonyl (C=O) groups excluding carboxylic acids is 1. The van der Waals surface area contributed by atoms with Crippen LogP contribution in [0.15, 0.2) is 84.9 Å². The average molecular weight is 611 g/mol. The Morgan fingerprint density at radius 3 is 2.11 bits per heavy atom. The molecule has 3 N–H and O–H groups in total. The second-order valence-electron chi connectivity index (χ2n) is 10.4. The van der Waals surface area contributed by atoms with E-state index in [1.807, 2.05) is 24.3 Å². The van der Waals surface area contributed by atoms with E-state index in [2.05, 4.69) is 0 Å². The van der Waals surface area contributed by atoms with E-state index in [1.165, 1.54) is 23.1 Å². The van der Waals surface area contributed by atoms with Gasteiger partial charge in [-0.25, -0.2) is 14.4 Å². The molecule has 0 heterocycles. The summed E-state index contributed by atoms with van der Waals surface area (Å²) in [5.74, 6) is -5.42. The lowest BCUT2D eigenvalue weighted by atomic mass is 9.86. The summed E-state index contributed by atoms with van der Waals surface area (Å²) in [5, 5.41) is 40.7. The molecule has 1 amide bonds. The van der Waals surface area contributed by atoms with Crippen LogP contribution in [-0.4, -0.2) is 49.0 Å². The lowest BCUT2D eigenvalue weighted by Crippen LogP contribution is -2.37. The largest absolute Gasteiger partial charge is 0.478 e. The molecule has 4 aromatic carbocycles. The monoisotopic (exact) mass is 610 g/mol. The topological polar surface area (TPSA) is 185 Å². The van der Waals surface area contributed by atoms with Crippen LogP contribution in [0.5, 0.6) is 11.5 Å². The van der Waals surface area contributed by atoms with Gasteiger partial charge in [0.2, 0.25) is 5.75 Å². The van der Waals surface area contributed by atoms with Crippen LogP contribution in [-0.2, 0) is 13.0 Å². The highest BCUT2D eigenvalue weighted by Gasteiger charge is 2.34. The molecule has 0 aliphatic heterocycles. The molecule has 1 aliphatic carbocycles. The van der Waals surface area contributed by atoms with E-state index in [4.69, 9.17) is 4.74 Å². The molecule has 12 heteroatoms. The normalized spacial score (nSPS) is 13.7. The Morgan fingerprint density at radius 2 is 1.42 bits per heavy atom. The van der Waals surface area contributed by atoms with E-state index in [0.29, 0.717) is 18.1 Å². The standard InChI is InChI=1S/C33H26N2O10/c36-30(23-16-25(32(39)40)26(33(41)42)17-24(23)31(37)38)34(27-13-6-9-20-8-1-2-11-22(20)27)18-19-7-5-10-21(15-19)45-29-14-4-3-12-28(29)35(43)44/h1-5,7-8,10-12,14-17,27H,6,9,13,18H2,(H,37,38)(H,39,40)(H,41,42)/t27-/m0/s1. The zero-order valence-corrected chi connectivity index (χ0v) is 23.6. The van der Waals surface area contributed by atoms with Crippen molar-refractivity contribution in [2.45, 2.75) is 31.8 Å². The maximum absolute atomic E-state index is 14.4. The predicted octanol–water partition coefficient (Wildman–Crippen LogP) is 6.20. The van der Waals surface area contributed by atoms with Gasteiger partial charge in [-0.15, -0.1) is 0 Å². The van der Waals surface area contributed by atoms with Crippen LogP contribution in [0.3, 0.4) is 0 Å². The summed E-state index contributed by atoms with van der Waals surface area (Å²) >= 11 is 0. The summed E-state index contributed by atoms with van der Waals surface area (Å²) in [6.45, 7) is -0.0753. The molecule has 0 aromatic heterocycles. The van der Waals surface area contributed by atoms with Crippen molar-refractivity contribution >= 4 is 29.5 Å². The number of carboxylic acids is 3. The van der Waals surface area contributed by atoms with E-state index in [0.717, 1.165) is 30.0 Å². The van der Waals surface area contributed by atoms with Crippen molar-refractivity contribution in [1.29, 1.82) is 0 Å². The summed E-state index contributed by atoms with van der Waals surface area (Å²) in [7, 11) is 0. The fraction of sp³-hybridized carbons (Fsp3) is 0.152. The Balaban J connectivity index is 1.60. The van der Waals surface area contributed by atoms with Gasteiger partial charge >= 0.3 is 23.6 Å². The Labute approximate surface area is 255 Å². The van der Waals surface area contributed by atoms with Crippen molar-refractivity contribution in [3.63, 3.8) is 0 Å². The van der Waals surface area contributed by atoms with Crippen LogP contribution in [0.2, 0.25) is 0 Å². The summed E-state index contributed by atoms with van der Waals surface area (Å²) in [5.41, 5.74) is -0.442. The number of aryl methyl sites for hydroxylation is 1. The van der Waals surface area contributed by atoms with E-state index in [9.17, 15) is 44.6 Å². The molecule has 0 unspecified atom stereocenters. The second-order valence-corrected chi connectivity index (χ2v) is 10.4. The molecule has 0 bridgehead atoms. The molecule has 228 valence electrons. The minimum atomic E-state index is -1.65. The molecular weight excluding hydrogens is 584 g/mol. The van der Waals surface area contributed by atoms with Gasteiger partial charge in [0.25, 0.3) is 5.91 Å². The third-order valence-electron chi connectivity index (χ3n) is 7.60. The number of ether oxygens (including phenoxy) is 1. The van der Waals surface area contributed by atoms with Gasteiger partial charge in [0.1, 0.15) is 5.75 Å². The maximum atomic E-state index is 14.4. The predicted molar refractivity (Wildman–Crippen MR) is 159 cm³/mol. The van der Waals surface area contributed by atoms with Gasteiger partial charge in [-0.2, -0.15) is 0 Å². The van der Waals surface area contributed by atoms with Gasteiger partial charge in [-0.3, -0.25) is 14.9 Å². The Kier molecular flexibility index (Phi) is 8.57. The number of nitrogens with zero attached hydrogens (tertiary/aromatic N) is 2. The molecule has 0 fully saturated rings. The molecule has 5 rings (SSSR count). The smallest absolute Gasteiger partial charge is 0.336 e. The molecule has 12 nitrogen and oxygen atoms in total. The number of carbonyl (C=O) groups is 4. The third-order valence-corrected chi connectivity index (χ3v) is 7.60. The first-order valence-corrected chi connectivity index (χ1v) is 13.8. The SMILES string of the molecule is O=C(O)c1cc(C(=O)O)c(C(=O)N(Cc2cccc(Oc3ccccc3[N+](=O)[O-])c2)[C@H]2CCCc3ccccc32)cc1C(=O)O. The van der Waals surface area contributed by atoms with Gasteiger partial charge in [0, 0.05) is 12.6 Å². The highest BCUT2D eigenvalue weighted by molar-refractivity contribution is 6.10. The van der Waals surface area contributed by atoms with Gasteiger partial charge in [0.05, 0.1) is 33.2 Å².